The SMILES string of the molecule is COc1ccc(CNC2CCN(c3ccc(NC(=O)c4cccc(Cl)c4)cc3)CC2)cc1OC. The molecule has 3 aromatic carbocycles. The molecule has 1 heterocycles. The summed E-state index contributed by atoms with van der Waals surface area (Å²) in [7, 11) is 3.30. The Hall–Kier alpha value is -3.22. The second kappa shape index (κ2) is 11.3. The van der Waals surface area contributed by atoms with Crippen molar-refractivity contribution in [3.8, 4) is 11.5 Å². The molecular weight excluding hydrogens is 450 g/mol. The maximum atomic E-state index is 12.4. The summed E-state index contributed by atoms with van der Waals surface area (Å²) in [5.74, 6) is 1.33. The summed E-state index contributed by atoms with van der Waals surface area (Å²) in [4.78, 5) is 14.8. The van der Waals surface area contributed by atoms with E-state index in [2.05, 4.69) is 33.7 Å². The monoisotopic (exact) mass is 479 g/mol. The van der Waals surface area contributed by atoms with E-state index in [1.54, 1.807) is 38.5 Å². The Kier molecular flexibility index (Phi) is 7.93. The minimum atomic E-state index is -0.170. The molecule has 1 aliphatic heterocycles. The maximum Gasteiger partial charge on any atom is 0.255 e. The van der Waals surface area contributed by atoms with Crippen molar-refractivity contribution in [3.63, 3.8) is 0 Å². The molecule has 3 aromatic rings. The third-order valence-corrected chi connectivity index (χ3v) is 6.35. The lowest BCUT2D eigenvalue weighted by molar-refractivity contribution is 0.102. The number of halogens is 1. The summed E-state index contributed by atoms with van der Waals surface area (Å²) >= 11 is 5.98. The van der Waals surface area contributed by atoms with E-state index in [1.165, 1.54) is 11.3 Å². The topological polar surface area (TPSA) is 62.8 Å². The van der Waals surface area contributed by atoms with Gasteiger partial charge in [-0.2, -0.15) is 0 Å². The van der Waals surface area contributed by atoms with Gasteiger partial charge in [0.05, 0.1) is 14.2 Å². The second-order valence-electron chi connectivity index (χ2n) is 8.34. The zero-order chi connectivity index (χ0) is 23.9. The highest BCUT2D eigenvalue weighted by atomic mass is 35.5. The van der Waals surface area contributed by atoms with Crippen molar-refractivity contribution in [2.24, 2.45) is 0 Å². The Morgan fingerprint density at radius 1 is 0.971 bits per heavy atom. The number of hydrogen-bond donors (Lipinski definition) is 2. The summed E-state index contributed by atoms with van der Waals surface area (Å²) in [6, 6.07) is 21.4. The van der Waals surface area contributed by atoms with Gasteiger partial charge in [-0.15, -0.1) is 0 Å². The minimum absolute atomic E-state index is 0.170. The van der Waals surface area contributed by atoms with Crippen LogP contribution in [0.25, 0.3) is 0 Å². The Balaban J connectivity index is 1.26. The zero-order valence-electron chi connectivity index (χ0n) is 19.5. The number of piperidine rings is 1. The molecular formula is C27H30ClN3O3. The number of benzene rings is 3. The van der Waals surface area contributed by atoms with Crippen molar-refractivity contribution in [1.29, 1.82) is 0 Å². The highest BCUT2D eigenvalue weighted by molar-refractivity contribution is 6.31. The molecule has 178 valence electrons. The van der Waals surface area contributed by atoms with Crippen LogP contribution in [0.5, 0.6) is 11.5 Å². The maximum absolute atomic E-state index is 12.4. The third kappa shape index (κ3) is 6.01. The normalized spacial score (nSPS) is 14.0. The van der Waals surface area contributed by atoms with E-state index in [1.807, 2.05) is 24.3 Å². The molecule has 1 fully saturated rings. The molecule has 0 bridgehead atoms. The van der Waals surface area contributed by atoms with E-state index in [0.717, 1.165) is 49.7 Å². The fourth-order valence-corrected chi connectivity index (χ4v) is 4.37. The van der Waals surface area contributed by atoms with Crippen LogP contribution in [-0.4, -0.2) is 39.3 Å². The zero-order valence-corrected chi connectivity index (χ0v) is 20.3. The van der Waals surface area contributed by atoms with Crippen LogP contribution >= 0.6 is 11.6 Å². The Labute approximate surface area is 205 Å². The van der Waals surface area contributed by atoms with E-state index in [4.69, 9.17) is 21.1 Å². The average Bonchev–Trinajstić information content (AvgIpc) is 2.88. The number of nitrogens with zero attached hydrogens (tertiary/aromatic N) is 1. The van der Waals surface area contributed by atoms with Crippen LogP contribution in [0.15, 0.2) is 66.7 Å². The van der Waals surface area contributed by atoms with E-state index in [-0.39, 0.29) is 5.91 Å². The number of methoxy groups -OCH3 is 2. The van der Waals surface area contributed by atoms with E-state index >= 15 is 0 Å². The summed E-state index contributed by atoms with van der Waals surface area (Å²) in [5.41, 5.74) is 3.65. The average molecular weight is 480 g/mol. The van der Waals surface area contributed by atoms with Crippen molar-refractivity contribution >= 4 is 28.9 Å². The van der Waals surface area contributed by atoms with Gasteiger partial charge in [-0.25, -0.2) is 0 Å². The lowest BCUT2D eigenvalue weighted by Gasteiger charge is -2.34. The lowest BCUT2D eigenvalue weighted by Crippen LogP contribution is -2.42. The van der Waals surface area contributed by atoms with Gasteiger partial charge < -0.3 is 25.0 Å². The van der Waals surface area contributed by atoms with Crippen LogP contribution < -0.4 is 25.0 Å². The van der Waals surface area contributed by atoms with Gasteiger partial charge >= 0.3 is 0 Å². The molecule has 34 heavy (non-hydrogen) atoms. The highest BCUT2D eigenvalue weighted by Crippen LogP contribution is 2.28. The molecule has 1 aliphatic rings. The molecule has 0 spiro atoms. The quantitative estimate of drug-likeness (QED) is 0.455. The Morgan fingerprint density at radius 2 is 1.71 bits per heavy atom. The number of amides is 1. The van der Waals surface area contributed by atoms with Crippen molar-refractivity contribution < 1.29 is 14.3 Å². The predicted octanol–water partition coefficient (Wildman–Crippen LogP) is 5.37. The Morgan fingerprint density at radius 3 is 2.38 bits per heavy atom. The largest absolute Gasteiger partial charge is 0.493 e. The first-order chi connectivity index (χ1) is 16.6. The minimum Gasteiger partial charge on any atom is -0.493 e. The van der Waals surface area contributed by atoms with E-state index < -0.39 is 0 Å². The van der Waals surface area contributed by atoms with Crippen LogP contribution in [0.3, 0.4) is 0 Å². The van der Waals surface area contributed by atoms with Crippen molar-refractivity contribution in [2.45, 2.75) is 25.4 Å². The second-order valence-corrected chi connectivity index (χ2v) is 8.78. The summed E-state index contributed by atoms with van der Waals surface area (Å²) in [5, 5.41) is 7.14. The fraction of sp³-hybridized carbons (Fsp3) is 0.296. The first-order valence-electron chi connectivity index (χ1n) is 11.4. The van der Waals surface area contributed by atoms with Gasteiger partial charge in [-0.1, -0.05) is 23.7 Å². The van der Waals surface area contributed by atoms with Crippen molar-refractivity contribution in [3.05, 3.63) is 82.9 Å². The molecule has 0 aliphatic carbocycles. The van der Waals surface area contributed by atoms with Gasteiger partial charge in [0, 0.05) is 47.6 Å². The first-order valence-corrected chi connectivity index (χ1v) is 11.8. The summed E-state index contributed by atoms with van der Waals surface area (Å²) in [6.45, 7) is 2.77. The Bertz CT molecular complexity index is 1110. The van der Waals surface area contributed by atoms with Gasteiger partial charge in [-0.05, 0) is 73.0 Å². The van der Waals surface area contributed by atoms with Crippen LogP contribution in [0.1, 0.15) is 28.8 Å². The van der Waals surface area contributed by atoms with Crippen molar-refractivity contribution in [1.82, 2.24) is 5.32 Å². The molecule has 2 N–H and O–H groups in total. The van der Waals surface area contributed by atoms with E-state index in [0.29, 0.717) is 16.6 Å². The molecule has 4 rings (SSSR count). The number of carbonyl (C=O) groups is 1. The van der Waals surface area contributed by atoms with Gasteiger partial charge in [0.15, 0.2) is 11.5 Å². The van der Waals surface area contributed by atoms with Crippen LogP contribution in [-0.2, 0) is 6.54 Å². The van der Waals surface area contributed by atoms with Gasteiger partial charge in [-0.3, -0.25) is 4.79 Å². The van der Waals surface area contributed by atoms with Crippen LogP contribution in [0.4, 0.5) is 11.4 Å². The number of rotatable bonds is 8. The van der Waals surface area contributed by atoms with Crippen LogP contribution in [0, 0.1) is 0 Å². The molecule has 0 aromatic heterocycles. The number of nitrogens with one attached hydrogen (secondary N) is 2. The third-order valence-electron chi connectivity index (χ3n) is 6.11. The van der Waals surface area contributed by atoms with Crippen molar-refractivity contribution in [2.75, 3.05) is 37.5 Å². The molecule has 0 radical (unpaired) electrons. The standard InChI is InChI=1S/C27H30ClN3O3/c1-33-25-11-6-19(16-26(25)34-2)18-29-22-12-14-31(15-13-22)24-9-7-23(8-10-24)30-27(32)20-4-3-5-21(28)17-20/h3-11,16-17,22,29H,12-15,18H2,1-2H3,(H,30,32). The van der Waals surface area contributed by atoms with Gasteiger partial charge in [0.25, 0.3) is 5.91 Å². The number of anilines is 2. The number of carbonyl (C=O) groups excluding carboxylic acids is 1. The first kappa shape index (κ1) is 23.9. The molecule has 0 unspecified atom stereocenters. The molecule has 1 amide bonds. The summed E-state index contributed by atoms with van der Waals surface area (Å²) in [6.07, 6.45) is 2.14. The summed E-state index contributed by atoms with van der Waals surface area (Å²) < 4.78 is 10.7. The molecule has 7 heteroatoms. The van der Waals surface area contributed by atoms with Gasteiger partial charge in [0.2, 0.25) is 0 Å². The smallest absolute Gasteiger partial charge is 0.255 e. The molecule has 0 atom stereocenters. The highest BCUT2D eigenvalue weighted by Gasteiger charge is 2.19. The number of ether oxygens (including phenoxy) is 2. The predicted molar refractivity (Wildman–Crippen MR) is 137 cm³/mol. The van der Waals surface area contributed by atoms with Gasteiger partial charge in [0.1, 0.15) is 0 Å². The van der Waals surface area contributed by atoms with E-state index in [9.17, 15) is 4.79 Å². The van der Waals surface area contributed by atoms with Crippen LogP contribution in [0.2, 0.25) is 5.02 Å². The number of hydrogen-bond acceptors (Lipinski definition) is 5. The fourth-order valence-electron chi connectivity index (χ4n) is 4.18. The molecule has 6 nitrogen and oxygen atoms in total. The lowest BCUT2D eigenvalue weighted by atomic mass is 10.0. The molecule has 1 saturated heterocycles. The molecule has 0 saturated carbocycles.